The molecule has 10 heteroatoms. The van der Waals surface area contributed by atoms with Crippen LogP contribution >= 0.6 is 0 Å². The molecule has 0 bridgehead atoms. The Morgan fingerprint density at radius 1 is 1.29 bits per heavy atom. The van der Waals surface area contributed by atoms with Crippen molar-refractivity contribution < 1.29 is 26.4 Å². The first-order chi connectivity index (χ1) is 13.0. The lowest BCUT2D eigenvalue weighted by molar-refractivity contribution is -0.137. The van der Waals surface area contributed by atoms with Crippen molar-refractivity contribution in [2.24, 2.45) is 0 Å². The fourth-order valence-electron chi connectivity index (χ4n) is 3.18. The molecular formula is C18H20F3N3O3S. The van der Waals surface area contributed by atoms with Crippen LogP contribution in [-0.4, -0.2) is 35.6 Å². The van der Waals surface area contributed by atoms with Gasteiger partial charge in [-0.3, -0.25) is 9.48 Å². The van der Waals surface area contributed by atoms with Gasteiger partial charge in [0.05, 0.1) is 23.1 Å². The third-order valence-electron chi connectivity index (χ3n) is 4.59. The van der Waals surface area contributed by atoms with Gasteiger partial charge in [-0.2, -0.15) is 18.3 Å². The first-order valence-corrected chi connectivity index (χ1v) is 10.6. The minimum Gasteiger partial charge on any atom is -0.321 e. The molecule has 0 spiro atoms. The molecule has 1 atom stereocenters. The van der Waals surface area contributed by atoms with E-state index in [-0.39, 0.29) is 34.8 Å². The van der Waals surface area contributed by atoms with Crippen molar-refractivity contribution in [3.63, 3.8) is 0 Å². The molecule has 0 aliphatic carbocycles. The highest BCUT2D eigenvalue weighted by atomic mass is 32.2. The summed E-state index contributed by atoms with van der Waals surface area (Å²) in [5, 5.41) is 6.69. The van der Waals surface area contributed by atoms with Crippen LogP contribution in [0.1, 0.15) is 54.0 Å². The van der Waals surface area contributed by atoms with E-state index in [9.17, 15) is 26.4 Å². The number of carbonyl (C=O) groups excluding carboxylic acids is 1. The number of amides is 1. The topological polar surface area (TPSA) is 81.1 Å². The van der Waals surface area contributed by atoms with Crippen LogP contribution in [0, 0.1) is 0 Å². The molecule has 2 aromatic rings. The highest BCUT2D eigenvalue weighted by Crippen LogP contribution is 2.31. The Bertz CT molecular complexity index is 997. The second-order valence-electron chi connectivity index (χ2n) is 7.14. The highest BCUT2D eigenvalue weighted by molar-refractivity contribution is 7.91. The van der Waals surface area contributed by atoms with Gasteiger partial charge in [0.1, 0.15) is 0 Å². The summed E-state index contributed by atoms with van der Waals surface area (Å²) in [6.07, 6.45) is -4.10. The van der Waals surface area contributed by atoms with Crippen molar-refractivity contribution in [3.05, 3.63) is 47.3 Å². The van der Waals surface area contributed by atoms with Crippen LogP contribution in [0.3, 0.4) is 0 Å². The van der Waals surface area contributed by atoms with E-state index in [2.05, 4.69) is 10.4 Å². The second-order valence-corrected chi connectivity index (χ2v) is 9.37. The fourth-order valence-corrected chi connectivity index (χ4v) is 4.87. The van der Waals surface area contributed by atoms with Crippen LogP contribution in [0.15, 0.2) is 30.3 Å². The molecule has 0 radical (unpaired) electrons. The fraction of sp³-hybridized carbons (Fsp3) is 0.444. The minimum atomic E-state index is -4.51. The van der Waals surface area contributed by atoms with Gasteiger partial charge in [0.25, 0.3) is 5.91 Å². The predicted octanol–water partition coefficient (Wildman–Crippen LogP) is 3.64. The summed E-state index contributed by atoms with van der Waals surface area (Å²) >= 11 is 0. The Hall–Kier alpha value is -2.36. The van der Waals surface area contributed by atoms with E-state index in [1.165, 1.54) is 12.1 Å². The Labute approximate surface area is 160 Å². The van der Waals surface area contributed by atoms with Gasteiger partial charge in [0.2, 0.25) is 0 Å². The van der Waals surface area contributed by atoms with Gasteiger partial charge < -0.3 is 5.32 Å². The van der Waals surface area contributed by atoms with Crippen molar-refractivity contribution in [2.75, 3.05) is 16.8 Å². The van der Waals surface area contributed by atoms with Gasteiger partial charge in [-0.05, 0) is 36.6 Å². The van der Waals surface area contributed by atoms with Crippen LogP contribution in [0.5, 0.6) is 0 Å². The standard InChI is InChI=1S/C18H20F3N3O3S/c1-11(2)16-9-15(23-24(16)14-6-7-28(26,27)10-14)17(25)22-13-5-3-4-12(8-13)18(19,20)21/h3-5,8-9,11,14H,6-7,10H2,1-2H3,(H,22,25). The van der Waals surface area contributed by atoms with Crippen LogP contribution in [-0.2, 0) is 16.0 Å². The second kappa shape index (κ2) is 7.23. The van der Waals surface area contributed by atoms with Crippen molar-refractivity contribution in [3.8, 4) is 0 Å². The number of nitrogens with zero attached hydrogens (tertiary/aromatic N) is 2. The number of benzene rings is 1. The summed E-state index contributed by atoms with van der Waals surface area (Å²) in [5.41, 5.74) is -0.125. The van der Waals surface area contributed by atoms with Crippen LogP contribution in [0.25, 0.3) is 0 Å². The number of sulfone groups is 1. The maximum absolute atomic E-state index is 12.8. The van der Waals surface area contributed by atoms with Gasteiger partial charge >= 0.3 is 6.18 Å². The monoisotopic (exact) mass is 415 g/mol. The molecule has 3 rings (SSSR count). The average Bonchev–Trinajstić information content (AvgIpc) is 3.18. The third kappa shape index (κ3) is 4.37. The minimum absolute atomic E-state index is 0.00363. The van der Waals surface area contributed by atoms with E-state index in [1.54, 1.807) is 10.7 Å². The van der Waals surface area contributed by atoms with Gasteiger partial charge in [-0.15, -0.1) is 0 Å². The smallest absolute Gasteiger partial charge is 0.321 e. The van der Waals surface area contributed by atoms with E-state index in [1.807, 2.05) is 13.8 Å². The van der Waals surface area contributed by atoms with Crippen LogP contribution in [0.2, 0.25) is 0 Å². The van der Waals surface area contributed by atoms with Crippen molar-refractivity contribution in [2.45, 2.75) is 38.4 Å². The van der Waals surface area contributed by atoms with E-state index in [0.29, 0.717) is 12.1 Å². The SMILES string of the molecule is CC(C)c1cc(C(=O)Nc2cccc(C(F)(F)F)c2)nn1C1CCS(=O)(=O)C1. The summed E-state index contributed by atoms with van der Waals surface area (Å²) < 4.78 is 63.6. The number of hydrogen-bond donors (Lipinski definition) is 1. The number of aromatic nitrogens is 2. The van der Waals surface area contributed by atoms with Gasteiger partial charge in [0, 0.05) is 11.4 Å². The maximum atomic E-state index is 12.8. The molecule has 1 unspecified atom stereocenters. The lowest BCUT2D eigenvalue weighted by Crippen LogP contribution is -2.17. The lowest BCUT2D eigenvalue weighted by Gasteiger charge is -2.15. The number of rotatable bonds is 4. The van der Waals surface area contributed by atoms with E-state index >= 15 is 0 Å². The molecule has 0 saturated carbocycles. The third-order valence-corrected chi connectivity index (χ3v) is 6.34. The van der Waals surface area contributed by atoms with Crippen molar-refractivity contribution in [1.29, 1.82) is 0 Å². The zero-order chi connectivity index (χ0) is 20.7. The molecule has 1 saturated heterocycles. The normalized spacial score (nSPS) is 19.1. The van der Waals surface area contributed by atoms with Crippen LogP contribution < -0.4 is 5.32 Å². The lowest BCUT2D eigenvalue weighted by atomic mass is 10.1. The molecule has 28 heavy (non-hydrogen) atoms. The molecule has 1 amide bonds. The maximum Gasteiger partial charge on any atom is 0.416 e. The predicted molar refractivity (Wildman–Crippen MR) is 98.0 cm³/mol. The van der Waals surface area contributed by atoms with E-state index in [0.717, 1.165) is 12.1 Å². The molecule has 1 aliphatic rings. The largest absolute Gasteiger partial charge is 0.416 e. The zero-order valence-corrected chi connectivity index (χ0v) is 16.1. The molecule has 1 fully saturated rings. The van der Waals surface area contributed by atoms with Crippen molar-refractivity contribution >= 4 is 21.4 Å². The molecule has 1 N–H and O–H groups in total. The Morgan fingerprint density at radius 3 is 2.57 bits per heavy atom. The first kappa shape index (κ1) is 20.4. The Morgan fingerprint density at radius 2 is 2.00 bits per heavy atom. The summed E-state index contributed by atoms with van der Waals surface area (Å²) in [6.45, 7) is 3.79. The molecular weight excluding hydrogens is 395 g/mol. The molecule has 2 heterocycles. The number of carbonyl (C=O) groups is 1. The highest BCUT2D eigenvalue weighted by Gasteiger charge is 2.33. The average molecular weight is 415 g/mol. The molecule has 152 valence electrons. The number of alkyl halides is 3. The van der Waals surface area contributed by atoms with Gasteiger partial charge in [0.15, 0.2) is 15.5 Å². The number of anilines is 1. The van der Waals surface area contributed by atoms with E-state index in [4.69, 9.17) is 0 Å². The van der Waals surface area contributed by atoms with Crippen molar-refractivity contribution in [1.82, 2.24) is 9.78 Å². The molecule has 1 aliphatic heterocycles. The first-order valence-electron chi connectivity index (χ1n) is 8.75. The number of halogens is 3. The van der Waals surface area contributed by atoms with Gasteiger partial charge in [-0.1, -0.05) is 19.9 Å². The van der Waals surface area contributed by atoms with Gasteiger partial charge in [-0.25, -0.2) is 8.42 Å². The number of nitrogens with one attached hydrogen (secondary N) is 1. The molecule has 1 aromatic heterocycles. The van der Waals surface area contributed by atoms with Crippen LogP contribution in [0.4, 0.5) is 18.9 Å². The summed E-state index contributed by atoms with van der Waals surface area (Å²) in [7, 11) is -3.13. The zero-order valence-electron chi connectivity index (χ0n) is 15.3. The Balaban J connectivity index is 1.86. The number of hydrogen-bond acceptors (Lipinski definition) is 4. The van der Waals surface area contributed by atoms with E-state index < -0.39 is 27.5 Å². The Kier molecular flexibility index (Phi) is 5.26. The molecule has 1 aromatic carbocycles. The quantitative estimate of drug-likeness (QED) is 0.827. The summed E-state index contributed by atoms with van der Waals surface area (Å²) in [4.78, 5) is 12.5. The molecule has 6 nitrogen and oxygen atoms in total. The summed E-state index contributed by atoms with van der Waals surface area (Å²) in [5.74, 6) is -0.629. The summed E-state index contributed by atoms with van der Waals surface area (Å²) in [6, 6.07) is 5.54.